The molecule has 0 aromatic rings. The molecule has 0 bridgehead atoms. The second-order valence-electron chi connectivity index (χ2n) is 5.87. The van der Waals surface area contributed by atoms with E-state index >= 15 is 0 Å². The van der Waals surface area contributed by atoms with Crippen LogP contribution in [0.25, 0.3) is 0 Å². The topological polar surface area (TPSA) is 19.4 Å². The van der Waals surface area contributed by atoms with Gasteiger partial charge >= 0.3 is 0 Å². The Morgan fingerprint density at radius 1 is 0.524 bits per heavy atom. The molecule has 0 saturated carbocycles. The molecule has 0 rings (SSSR count). The average molecular weight is 375 g/mol. The van der Waals surface area contributed by atoms with Gasteiger partial charge in [0.2, 0.25) is 0 Å². The minimum atomic E-state index is -1.91. The second-order valence-corrected chi connectivity index (χ2v) is 15.4. The van der Waals surface area contributed by atoms with Crippen molar-refractivity contribution < 1.29 is 0 Å². The maximum atomic E-state index is 5.96. The van der Waals surface area contributed by atoms with Crippen molar-refractivity contribution in [2.45, 2.75) is 0 Å². The van der Waals surface area contributed by atoms with E-state index < -0.39 is 13.0 Å². The van der Waals surface area contributed by atoms with Crippen LogP contribution in [0.15, 0.2) is 0 Å². The van der Waals surface area contributed by atoms with E-state index in [1.807, 2.05) is 56.4 Å². The molecule has 0 spiro atoms. The summed E-state index contributed by atoms with van der Waals surface area (Å²) in [5.74, 6) is 0. The number of hydrogen-bond donors (Lipinski definition) is 0. The molecule has 0 aliphatic rings. The third-order valence-electron chi connectivity index (χ3n) is 3.38. The molecular weight excluding hydrogens is 342 g/mol. The summed E-state index contributed by atoms with van der Waals surface area (Å²) in [6.07, 6.45) is 0. The van der Waals surface area contributed by atoms with E-state index in [2.05, 4.69) is 42.1 Å². The maximum absolute atomic E-state index is 5.96. The zero-order chi connectivity index (χ0) is 17.2. The largest absolute Gasteiger partial charge is 0.258 e. The molecule has 0 aliphatic carbocycles. The zero-order valence-corrected chi connectivity index (χ0v) is 18.5. The van der Waals surface area contributed by atoms with E-state index in [4.69, 9.17) is 23.6 Å². The van der Waals surface area contributed by atoms with E-state index in [0.717, 1.165) is 6.67 Å². The lowest BCUT2D eigenvalue weighted by Crippen LogP contribution is -2.41. The lowest BCUT2D eigenvalue weighted by Gasteiger charge is -2.47. The first-order valence-electron chi connectivity index (χ1n) is 6.67. The summed E-state index contributed by atoms with van der Waals surface area (Å²) in [4.78, 5) is 0. The molecule has 0 aliphatic heterocycles. The summed E-state index contributed by atoms with van der Waals surface area (Å²) in [6, 6.07) is 0. The molecule has 0 N–H and O–H groups in total. The van der Waals surface area contributed by atoms with Crippen molar-refractivity contribution in [2.24, 2.45) is 0 Å². The Labute approximate surface area is 142 Å². The highest BCUT2D eigenvalue weighted by atomic mass is 32.5. The van der Waals surface area contributed by atoms with Crippen LogP contribution >= 0.6 is 13.0 Å². The summed E-state index contributed by atoms with van der Waals surface area (Å²) >= 11 is 11.9. The van der Waals surface area contributed by atoms with Gasteiger partial charge in [-0.25, -0.2) is 9.34 Å². The zero-order valence-electron chi connectivity index (χ0n) is 15.1. The van der Waals surface area contributed by atoms with E-state index in [-0.39, 0.29) is 0 Å². The Hall–Kier alpha value is 1.06. The Balaban J connectivity index is 5.38. The first-order valence-corrected chi connectivity index (χ1v) is 12.0. The Morgan fingerprint density at radius 3 is 0.857 bits per heavy atom. The molecule has 128 valence electrons. The van der Waals surface area contributed by atoms with Gasteiger partial charge in [-0.3, -0.25) is 18.7 Å². The van der Waals surface area contributed by atoms with E-state index in [9.17, 15) is 0 Å². The Bertz CT molecular complexity index is 365. The highest BCUT2D eigenvalue weighted by Gasteiger charge is 2.33. The van der Waals surface area contributed by atoms with Gasteiger partial charge in [0.15, 0.2) is 0 Å². The molecule has 21 heavy (non-hydrogen) atoms. The van der Waals surface area contributed by atoms with E-state index in [0.29, 0.717) is 0 Å². The molecule has 0 heterocycles. The van der Waals surface area contributed by atoms with Gasteiger partial charge in [0, 0.05) is 0 Å². The van der Waals surface area contributed by atoms with Crippen molar-refractivity contribution in [1.29, 1.82) is 0 Å². The van der Waals surface area contributed by atoms with Gasteiger partial charge in [0.05, 0.1) is 6.67 Å². The molecule has 0 saturated heterocycles. The SMILES string of the molecule is CN(C)P(=S)(N(C)C)N(C)CN(C)P(=S)(N(C)C)N(C)C. The number of nitrogens with zero attached hydrogens (tertiary/aromatic N) is 6. The van der Waals surface area contributed by atoms with E-state index in [1.165, 1.54) is 0 Å². The molecule has 0 atom stereocenters. The van der Waals surface area contributed by atoms with Crippen LogP contribution in [0.4, 0.5) is 0 Å². The summed E-state index contributed by atoms with van der Waals surface area (Å²) in [6.45, 7) is -3.09. The molecule has 0 amide bonds. The monoisotopic (exact) mass is 374 g/mol. The average Bonchev–Trinajstić information content (AvgIpc) is 2.34. The lowest BCUT2D eigenvalue weighted by atomic mass is 11.0. The summed E-state index contributed by atoms with van der Waals surface area (Å²) < 4.78 is 13.1. The molecule has 0 radical (unpaired) electrons. The molecule has 0 fully saturated rings. The van der Waals surface area contributed by atoms with Gasteiger partial charge < -0.3 is 0 Å². The number of rotatable bonds is 8. The van der Waals surface area contributed by atoms with Crippen molar-refractivity contribution in [1.82, 2.24) is 28.0 Å². The third-order valence-corrected chi connectivity index (χ3v) is 15.2. The molecule has 6 nitrogen and oxygen atoms in total. The Morgan fingerprint density at radius 2 is 0.714 bits per heavy atom. The van der Waals surface area contributed by atoms with Crippen LogP contribution in [0.5, 0.6) is 0 Å². The number of hydrogen-bond acceptors (Lipinski definition) is 2. The molecule has 0 aromatic heterocycles. The fourth-order valence-electron chi connectivity index (χ4n) is 2.40. The first-order chi connectivity index (χ1) is 9.32. The smallest absolute Gasteiger partial charge is 0.145 e. The molecular formula is C11H32N6P2S2. The van der Waals surface area contributed by atoms with Gasteiger partial charge in [0.25, 0.3) is 0 Å². The van der Waals surface area contributed by atoms with Gasteiger partial charge in [-0.15, -0.1) is 0 Å². The van der Waals surface area contributed by atoms with Crippen molar-refractivity contribution in [3.8, 4) is 0 Å². The first kappa shape index (κ1) is 22.1. The highest BCUT2D eigenvalue weighted by molar-refractivity contribution is 8.11. The van der Waals surface area contributed by atoms with Crippen LogP contribution < -0.4 is 0 Å². The van der Waals surface area contributed by atoms with Crippen molar-refractivity contribution in [3.63, 3.8) is 0 Å². The van der Waals surface area contributed by atoms with Crippen LogP contribution in [0, 0.1) is 0 Å². The summed E-state index contributed by atoms with van der Waals surface area (Å²) in [5, 5.41) is 0. The van der Waals surface area contributed by atoms with Crippen LogP contribution in [-0.4, -0.2) is 105 Å². The van der Waals surface area contributed by atoms with E-state index in [1.54, 1.807) is 0 Å². The van der Waals surface area contributed by atoms with Crippen LogP contribution in [0.3, 0.4) is 0 Å². The lowest BCUT2D eigenvalue weighted by molar-refractivity contribution is 0.327. The fourth-order valence-corrected chi connectivity index (χ4v) is 7.39. The third kappa shape index (κ3) is 4.54. The van der Waals surface area contributed by atoms with Crippen LogP contribution in [-0.2, 0) is 23.6 Å². The maximum Gasteiger partial charge on any atom is 0.145 e. The highest BCUT2D eigenvalue weighted by Crippen LogP contribution is 2.56. The van der Waals surface area contributed by atoms with Crippen molar-refractivity contribution in [2.75, 3.05) is 77.1 Å². The fraction of sp³-hybridized carbons (Fsp3) is 1.00. The summed E-state index contributed by atoms with van der Waals surface area (Å²) in [5.41, 5.74) is 0. The molecule has 10 heteroatoms. The standard InChI is InChI=1S/C11H32N6P2S2/c1-12(2)18(20,13(3)4)16(9)11-17(10)19(21,14(5)6)15(7)8/h11H2,1-10H3. The van der Waals surface area contributed by atoms with Gasteiger partial charge in [-0.1, -0.05) is 0 Å². The Kier molecular flexibility index (Phi) is 8.66. The van der Waals surface area contributed by atoms with Gasteiger partial charge in [-0.05, 0) is 94.1 Å². The van der Waals surface area contributed by atoms with Crippen LogP contribution in [0.2, 0.25) is 0 Å². The molecule has 0 unspecified atom stereocenters. The van der Waals surface area contributed by atoms with Crippen LogP contribution in [0.1, 0.15) is 0 Å². The van der Waals surface area contributed by atoms with Crippen molar-refractivity contribution in [3.05, 3.63) is 0 Å². The van der Waals surface area contributed by atoms with Gasteiger partial charge in [-0.2, -0.15) is 0 Å². The quantitative estimate of drug-likeness (QED) is 0.464. The summed E-state index contributed by atoms with van der Waals surface area (Å²) in [7, 11) is 20.5. The second kappa shape index (κ2) is 8.25. The normalized spacial score (nSPS) is 14.5. The predicted molar refractivity (Wildman–Crippen MR) is 104 cm³/mol. The minimum Gasteiger partial charge on any atom is -0.258 e. The minimum absolute atomic E-state index is 0.737. The van der Waals surface area contributed by atoms with Gasteiger partial charge in [0.1, 0.15) is 13.0 Å². The predicted octanol–water partition coefficient (Wildman–Crippen LogP) is 1.50. The van der Waals surface area contributed by atoms with Crippen molar-refractivity contribution >= 4 is 36.6 Å². The molecule has 0 aromatic carbocycles.